The minimum absolute atomic E-state index is 0.135. The summed E-state index contributed by atoms with van der Waals surface area (Å²) in [6.45, 7) is 1.75. The van der Waals surface area contributed by atoms with Gasteiger partial charge >= 0.3 is 0 Å². The Balaban J connectivity index is 2.26. The molecule has 2 rings (SSSR count). The molecule has 2 aromatic carbocycles. The van der Waals surface area contributed by atoms with E-state index in [1.807, 2.05) is 0 Å². The van der Waals surface area contributed by atoms with Crippen LogP contribution in [0.2, 0.25) is 0 Å². The van der Waals surface area contributed by atoms with Crippen LogP contribution in [0.4, 0.5) is 11.4 Å². The molecule has 0 aromatic heterocycles. The molecule has 0 aliphatic carbocycles. The van der Waals surface area contributed by atoms with E-state index in [2.05, 4.69) is 10.6 Å². The van der Waals surface area contributed by atoms with E-state index >= 15 is 0 Å². The molecule has 27 heavy (non-hydrogen) atoms. The Hall–Kier alpha value is -3.35. The lowest BCUT2D eigenvalue weighted by molar-refractivity contribution is -0.115. The van der Waals surface area contributed by atoms with Crippen molar-refractivity contribution in [2.24, 2.45) is 0 Å². The molecule has 0 unspecified atom stereocenters. The molecule has 0 saturated heterocycles. The number of ether oxygens (including phenoxy) is 1. The van der Waals surface area contributed by atoms with Crippen molar-refractivity contribution in [3.63, 3.8) is 0 Å². The van der Waals surface area contributed by atoms with Gasteiger partial charge in [-0.3, -0.25) is 14.4 Å². The van der Waals surface area contributed by atoms with Gasteiger partial charge in [0.15, 0.2) is 0 Å². The first kappa shape index (κ1) is 20.0. The normalized spacial score (nSPS) is 10.1. The van der Waals surface area contributed by atoms with Gasteiger partial charge in [-0.15, -0.1) is 0 Å². The lowest BCUT2D eigenvalue weighted by atomic mass is 10.1. The van der Waals surface area contributed by atoms with Crippen molar-refractivity contribution < 1.29 is 19.1 Å². The third-order valence-electron chi connectivity index (χ3n) is 3.83. The number of hydrogen-bond acceptors (Lipinski definition) is 4. The summed E-state index contributed by atoms with van der Waals surface area (Å²) in [6, 6.07) is 11.5. The second-order valence-electron chi connectivity index (χ2n) is 6.05. The molecule has 0 atom stereocenters. The van der Waals surface area contributed by atoms with Crippen LogP contribution in [0.15, 0.2) is 42.5 Å². The minimum atomic E-state index is -0.379. The maximum Gasteiger partial charge on any atom is 0.255 e. The molecule has 0 radical (unpaired) electrons. The van der Waals surface area contributed by atoms with Crippen LogP contribution in [0.25, 0.3) is 0 Å². The summed E-state index contributed by atoms with van der Waals surface area (Å²) in [5.41, 5.74) is 1.73. The fourth-order valence-corrected chi connectivity index (χ4v) is 2.38. The second kappa shape index (κ2) is 8.84. The standard InChI is InChI=1S/C20H23N3O4/c1-5-18(24)21-15-8-6-7-13(11-15)19(25)22-16-12-14(20(26)23(2)3)9-10-17(16)27-4/h6-12H,5H2,1-4H3,(H,21,24)(H,22,25). The zero-order valence-electron chi connectivity index (χ0n) is 15.8. The van der Waals surface area contributed by atoms with Crippen molar-refractivity contribution in [1.82, 2.24) is 4.90 Å². The molecule has 0 bridgehead atoms. The van der Waals surface area contributed by atoms with E-state index in [1.165, 1.54) is 12.0 Å². The van der Waals surface area contributed by atoms with Crippen LogP contribution in [-0.4, -0.2) is 43.8 Å². The number of rotatable bonds is 6. The van der Waals surface area contributed by atoms with E-state index in [9.17, 15) is 14.4 Å². The highest BCUT2D eigenvalue weighted by Crippen LogP contribution is 2.27. The first-order chi connectivity index (χ1) is 12.8. The summed E-state index contributed by atoms with van der Waals surface area (Å²) in [5.74, 6) is -0.258. The molecule has 0 saturated carbocycles. The highest BCUT2D eigenvalue weighted by molar-refractivity contribution is 6.07. The number of carbonyl (C=O) groups excluding carboxylic acids is 3. The van der Waals surface area contributed by atoms with Gasteiger partial charge in [0.25, 0.3) is 11.8 Å². The molecule has 0 heterocycles. The molecule has 0 fully saturated rings. The van der Waals surface area contributed by atoms with Crippen molar-refractivity contribution >= 4 is 29.1 Å². The molecular weight excluding hydrogens is 346 g/mol. The van der Waals surface area contributed by atoms with Crippen LogP contribution < -0.4 is 15.4 Å². The molecule has 3 amide bonds. The van der Waals surface area contributed by atoms with E-state index < -0.39 is 0 Å². The van der Waals surface area contributed by atoms with Gasteiger partial charge in [-0.25, -0.2) is 0 Å². The highest BCUT2D eigenvalue weighted by atomic mass is 16.5. The Morgan fingerprint density at radius 2 is 1.74 bits per heavy atom. The van der Waals surface area contributed by atoms with Crippen LogP contribution in [-0.2, 0) is 4.79 Å². The van der Waals surface area contributed by atoms with Crippen molar-refractivity contribution in [3.8, 4) is 5.75 Å². The Morgan fingerprint density at radius 1 is 1.00 bits per heavy atom. The smallest absolute Gasteiger partial charge is 0.255 e. The van der Waals surface area contributed by atoms with Crippen molar-refractivity contribution in [2.75, 3.05) is 31.8 Å². The van der Waals surface area contributed by atoms with E-state index in [0.717, 1.165) is 0 Å². The predicted molar refractivity (Wildman–Crippen MR) is 104 cm³/mol. The topological polar surface area (TPSA) is 87.7 Å². The number of carbonyl (C=O) groups is 3. The fourth-order valence-electron chi connectivity index (χ4n) is 2.38. The third-order valence-corrected chi connectivity index (χ3v) is 3.83. The molecule has 0 aliphatic rings. The van der Waals surface area contributed by atoms with Gasteiger partial charge in [0, 0.05) is 37.3 Å². The van der Waals surface area contributed by atoms with Crippen LogP contribution in [0.3, 0.4) is 0 Å². The molecule has 0 spiro atoms. The van der Waals surface area contributed by atoms with Gasteiger partial charge in [0.1, 0.15) is 5.75 Å². The number of nitrogens with one attached hydrogen (secondary N) is 2. The van der Waals surface area contributed by atoms with E-state index in [1.54, 1.807) is 63.5 Å². The van der Waals surface area contributed by atoms with Crippen molar-refractivity contribution in [3.05, 3.63) is 53.6 Å². The summed E-state index contributed by atoms with van der Waals surface area (Å²) >= 11 is 0. The van der Waals surface area contributed by atoms with E-state index in [4.69, 9.17) is 4.74 Å². The Labute approximate surface area is 158 Å². The molecule has 7 heteroatoms. The van der Waals surface area contributed by atoms with E-state index in [0.29, 0.717) is 34.7 Å². The highest BCUT2D eigenvalue weighted by Gasteiger charge is 2.15. The average Bonchev–Trinajstić information content (AvgIpc) is 2.67. The molecule has 0 aliphatic heterocycles. The zero-order valence-corrected chi connectivity index (χ0v) is 15.8. The van der Waals surface area contributed by atoms with Gasteiger partial charge in [-0.05, 0) is 36.4 Å². The molecular formula is C20H23N3O4. The lowest BCUT2D eigenvalue weighted by Gasteiger charge is -2.14. The van der Waals surface area contributed by atoms with Gasteiger partial charge < -0.3 is 20.3 Å². The first-order valence-electron chi connectivity index (χ1n) is 8.46. The molecule has 2 aromatic rings. The summed E-state index contributed by atoms with van der Waals surface area (Å²) in [5, 5.41) is 5.48. The summed E-state index contributed by atoms with van der Waals surface area (Å²) in [4.78, 5) is 37.8. The zero-order chi connectivity index (χ0) is 20.0. The fraction of sp³-hybridized carbons (Fsp3) is 0.250. The Morgan fingerprint density at radius 3 is 2.37 bits per heavy atom. The van der Waals surface area contributed by atoms with Gasteiger partial charge in [-0.1, -0.05) is 13.0 Å². The largest absolute Gasteiger partial charge is 0.495 e. The molecule has 142 valence electrons. The van der Waals surface area contributed by atoms with Crippen LogP contribution in [0, 0.1) is 0 Å². The number of anilines is 2. The summed E-state index contributed by atoms with van der Waals surface area (Å²) in [6.07, 6.45) is 0.348. The SMILES string of the molecule is CCC(=O)Nc1cccc(C(=O)Nc2cc(C(=O)N(C)C)ccc2OC)c1. The lowest BCUT2D eigenvalue weighted by Crippen LogP contribution is -2.22. The average molecular weight is 369 g/mol. The monoisotopic (exact) mass is 369 g/mol. The number of benzene rings is 2. The van der Waals surface area contributed by atoms with E-state index in [-0.39, 0.29) is 17.7 Å². The first-order valence-corrected chi connectivity index (χ1v) is 8.46. The van der Waals surface area contributed by atoms with Crippen LogP contribution >= 0.6 is 0 Å². The number of amides is 3. The third kappa shape index (κ3) is 5.07. The maximum atomic E-state index is 12.6. The van der Waals surface area contributed by atoms with Crippen molar-refractivity contribution in [1.29, 1.82) is 0 Å². The Kier molecular flexibility index (Phi) is 6.54. The molecule has 2 N–H and O–H groups in total. The quantitative estimate of drug-likeness (QED) is 0.819. The number of nitrogens with zero attached hydrogens (tertiary/aromatic N) is 1. The summed E-state index contributed by atoms with van der Waals surface area (Å²) < 4.78 is 5.27. The van der Waals surface area contributed by atoms with Gasteiger partial charge in [-0.2, -0.15) is 0 Å². The predicted octanol–water partition coefficient (Wildman–Crippen LogP) is 3.00. The second-order valence-corrected chi connectivity index (χ2v) is 6.05. The Bertz CT molecular complexity index is 862. The van der Waals surface area contributed by atoms with Gasteiger partial charge in [0.2, 0.25) is 5.91 Å². The number of methoxy groups -OCH3 is 1. The molecule has 7 nitrogen and oxygen atoms in total. The van der Waals surface area contributed by atoms with Crippen molar-refractivity contribution in [2.45, 2.75) is 13.3 Å². The maximum absolute atomic E-state index is 12.6. The minimum Gasteiger partial charge on any atom is -0.495 e. The summed E-state index contributed by atoms with van der Waals surface area (Å²) in [7, 11) is 4.79. The van der Waals surface area contributed by atoms with Crippen LogP contribution in [0.1, 0.15) is 34.1 Å². The van der Waals surface area contributed by atoms with Crippen LogP contribution in [0.5, 0.6) is 5.75 Å². The van der Waals surface area contributed by atoms with Gasteiger partial charge in [0.05, 0.1) is 12.8 Å². The number of hydrogen-bond donors (Lipinski definition) is 2.